The van der Waals surface area contributed by atoms with Gasteiger partial charge in [-0.05, 0) is 80.3 Å². The molecule has 0 aliphatic carbocycles. The van der Waals surface area contributed by atoms with Gasteiger partial charge in [0.2, 0.25) is 0 Å². The topological polar surface area (TPSA) is 12.0 Å². The van der Waals surface area contributed by atoms with Gasteiger partial charge in [0.25, 0.3) is 0 Å². The van der Waals surface area contributed by atoms with Crippen LogP contribution in [0.1, 0.15) is 74.4 Å². The van der Waals surface area contributed by atoms with E-state index in [2.05, 4.69) is 66.8 Å². The number of benzene rings is 1. The molecule has 20 heavy (non-hydrogen) atoms. The maximum atomic E-state index is 3.78. The molecule has 0 heterocycles. The van der Waals surface area contributed by atoms with Gasteiger partial charge in [0.05, 0.1) is 0 Å². The molecule has 0 amide bonds. The quantitative estimate of drug-likeness (QED) is 0.759. The predicted octanol–water partition coefficient (Wildman–Crippen LogP) is 5.40. The first-order chi connectivity index (χ1) is 9.17. The highest BCUT2D eigenvalue weighted by molar-refractivity contribution is 5.45. The number of hydrogen-bond acceptors (Lipinski definition) is 1. The van der Waals surface area contributed by atoms with Gasteiger partial charge in [-0.3, -0.25) is 0 Å². The highest BCUT2D eigenvalue weighted by atomic mass is 14.9. The Hall–Kier alpha value is -0.820. The molecule has 1 N–H and O–H groups in total. The molecule has 0 bridgehead atoms. The second-order valence-corrected chi connectivity index (χ2v) is 7.45. The summed E-state index contributed by atoms with van der Waals surface area (Å²) in [6.07, 6.45) is 2.36. The number of hydrogen-bond donors (Lipinski definition) is 1. The Morgan fingerprint density at radius 3 is 1.90 bits per heavy atom. The van der Waals surface area contributed by atoms with Crippen molar-refractivity contribution in [2.24, 2.45) is 5.41 Å². The van der Waals surface area contributed by atoms with Crippen LogP contribution in [0.25, 0.3) is 0 Å². The van der Waals surface area contributed by atoms with E-state index in [-0.39, 0.29) is 0 Å². The first kappa shape index (κ1) is 17.2. The van der Waals surface area contributed by atoms with Gasteiger partial charge < -0.3 is 5.32 Å². The summed E-state index contributed by atoms with van der Waals surface area (Å²) in [5, 5.41) is 3.78. The van der Waals surface area contributed by atoms with Crippen LogP contribution in [0.3, 0.4) is 0 Å². The van der Waals surface area contributed by atoms with Crippen molar-refractivity contribution in [1.29, 1.82) is 0 Å². The van der Waals surface area contributed by atoms with E-state index < -0.39 is 0 Å². The molecule has 1 atom stereocenters. The van der Waals surface area contributed by atoms with Gasteiger partial charge in [-0.1, -0.05) is 33.8 Å². The zero-order valence-electron chi connectivity index (χ0n) is 14.8. The van der Waals surface area contributed by atoms with Gasteiger partial charge in [0.1, 0.15) is 0 Å². The summed E-state index contributed by atoms with van der Waals surface area (Å²) in [4.78, 5) is 0. The maximum absolute atomic E-state index is 3.78. The lowest BCUT2D eigenvalue weighted by atomic mass is 9.81. The highest BCUT2D eigenvalue weighted by Gasteiger charge is 2.23. The minimum absolute atomic E-state index is 0.335. The third-order valence-electron chi connectivity index (χ3n) is 4.23. The van der Waals surface area contributed by atoms with Crippen LogP contribution in [-0.2, 0) is 0 Å². The molecule has 0 aliphatic rings. The molecular formula is C19H33N. The van der Waals surface area contributed by atoms with Gasteiger partial charge in [-0.2, -0.15) is 0 Å². The van der Waals surface area contributed by atoms with Crippen LogP contribution < -0.4 is 5.32 Å². The third-order valence-corrected chi connectivity index (χ3v) is 4.23. The van der Waals surface area contributed by atoms with Crippen molar-refractivity contribution in [3.63, 3.8) is 0 Å². The number of rotatable bonds is 5. The zero-order chi connectivity index (χ0) is 15.5. The second kappa shape index (κ2) is 6.76. The van der Waals surface area contributed by atoms with E-state index in [4.69, 9.17) is 0 Å². The SMILES string of the molecule is CCCNC(CC(C)(C)C)c1c(C)c(C)cc(C)c1C. The Morgan fingerprint density at radius 2 is 1.50 bits per heavy atom. The average molecular weight is 275 g/mol. The second-order valence-electron chi connectivity index (χ2n) is 7.45. The van der Waals surface area contributed by atoms with Gasteiger partial charge in [-0.15, -0.1) is 0 Å². The molecule has 0 radical (unpaired) electrons. The summed E-state index contributed by atoms with van der Waals surface area (Å²) in [7, 11) is 0. The summed E-state index contributed by atoms with van der Waals surface area (Å²) in [5.74, 6) is 0. The molecule has 1 nitrogen and oxygen atoms in total. The van der Waals surface area contributed by atoms with Crippen LogP contribution in [0.5, 0.6) is 0 Å². The Bertz CT molecular complexity index is 426. The molecule has 114 valence electrons. The molecule has 1 unspecified atom stereocenters. The van der Waals surface area contributed by atoms with Crippen molar-refractivity contribution >= 4 is 0 Å². The Morgan fingerprint density at radius 1 is 1.00 bits per heavy atom. The summed E-state index contributed by atoms with van der Waals surface area (Å²) in [6, 6.07) is 2.79. The monoisotopic (exact) mass is 275 g/mol. The zero-order valence-corrected chi connectivity index (χ0v) is 14.8. The Labute approximate surface area is 126 Å². The van der Waals surface area contributed by atoms with E-state index in [1.54, 1.807) is 0 Å². The molecule has 0 saturated carbocycles. The fraction of sp³-hybridized carbons (Fsp3) is 0.684. The molecule has 1 aromatic carbocycles. The van der Waals surface area contributed by atoms with Crippen LogP contribution >= 0.6 is 0 Å². The molecule has 0 fully saturated rings. The van der Waals surface area contributed by atoms with Gasteiger partial charge >= 0.3 is 0 Å². The van der Waals surface area contributed by atoms with Gasteiger partial charge in [-0.25, -0.2) is 0 Å². The molecule has 1 aromatic rings. The van der Waals surface area contributed by atoms with Gasteiger partial charge in [0, 0.05) is 6.04 Å². The van der Waals surface area contributed by atoms with E-state index >= 15 is 0 Å². The largest absolute Gasteiger partial charge is 0.310 e. The van der Waals surface area contributed by atoms with E-state index in [0.717, 1.165) is 6.54 Å². The van der Waals surface area contributed by atoms with Crippen molar-refractivity contribution in [3.8, 4) is 0 Å². The van der Waals surface area contributed by atoms with Crippen molar-refractivity contribution in [2.45, 2.75) is 74.3 Å². The molecule has 0 aromatic heterocycles. The van der Waals surface area contributed by atoms with Crippen molar-refractivity contribution in [3.05, 3.63) is 33.9 Å². The van der Waals surface area contributed by atoms with Crippen molar-refractivity contribution in [2.75, 3.05) is 6.54 Å². The Kier molecular flexibility index (Phi) is 5.82. The lowest BCUT2D eigenvalue weighted by Crippen LogP contribution is -2.28. The van der Waals surface area contributed by atoms with Crippen LogP contribution in [0.15, 0.2) is 6.07 Å². The van der Waals surface area contributed by atoms with E-state index in [0.29, 0.717) is 11.5 Å². The normalized spacial score (nSPS) is 13.6. The summed E-state index contributed by atoms with van der Waals surface area (Å²) >= 11 is 0. The van der Waals surface area contributed by atoms with Crippen LogP contribution in [0, 0.1) is 33.1 Å². The minimum Gasteiger partial charge on any atom is -0.310 e. The third kappa shape index (κ3) is 4.34. The van der Waals surface area contributed by atoms with Crippen molar-refractivity contribution < 1.29 is 0 Å². The fourth-order valence-electron chi connectivity index (χ4n) is 2.98. The van der Waals surface area contributed by atoms with Crippen molar-refractivity contribution in [1.82, 2.24) is 5.32 Å². The molecule has 0 saturated heterocycles. The molecule has 0 aliphatic heterocycles. The van der Waals surface area contributed by atoms with Crippen LogP contribution in [0.4, 0.5) is 0 Å². The standard InChI is InChI=1S/C19H33N/c1-9-10-20-17(12-19(6,7)8)18-15(4)13(2)11-14(3)16(18)5/h11,17,20H,9-10,12H2,1-8H3. The highest BCUT2D eigenvalue weighted by Crippen LogP contribution is 2.34. The van der Waals surface area contributed by atoms with Crippen LogP contribution in [0.2, 0.25) is 0 Å². The fourth-order valence-corrected chi connectivity index (χ4v) is 2.98. The smallest absolute Gasteiger partial charge is 0.0330 e. The molecule has 0 spiro atoms. The summed E-state index contributed by atoms with van der Waals surface area (Å²) < 4.78 is 0. The predicted molar refractivity (Wildman–Crippen MR) is 90.5 cm³/mol. The van der Waals surface area contributed by atoms with E-state index in [1.807, 2.05) is 0 Å². The van der Waals surface area contributed by atoms with E-state index in [9.17, 15) is 0 Å². The summed E-state index contributed by atoms with van der Waals surface area (Å²) in [6.45, 7) is 19.4. The maximum Gasteiger partial charge on any atom is 0.0330 e. The Balaban J connectivity index is 3.25. The molecular weight excluding hydrogens is 242 g/mol. The average Bonchev–Trinajstić information content (AvgIpc) is 2.32. The summed E-state index contributed by atoms with van der Waals surface area (Å²) in [5.41, 5.74) is 7.63. The first-order valence-corrected chi connectivity index (χ1v) is 7.98. The molecule has 1 rings (SSSR count). The first-order valence-electron chi connectivity index (χ1n) is 7.98. The van der Waals surface area contributed by atoms with E-state index in [1.165, 1.54) is 40.7 Å². The number of aryl methyl sites for hydroxylation is 2. The minimum atomic E-state index is 0.335. The van der Waals surface area contributed by atoms with Gasteiger partial charge in [0.15, 0.2) is 0 Å². The van der Waals surface area contributed by atoms with Crippen LogP contribution in [-0.4, -0.2) is 6.54 Å². The lowest BCUT2D eigenvalue weighted by molar-refractivity contribution is 0.310. The molecule has 1 heteroatoms. The lowest BCUT2D eigenvalue weighted by Gasteiger charge is -2.30. The number of nitrogens with one attached hydrogen (secondary N) is 1.